The second-order valence-electron chi connectivity index (χ2n) is 9.02. The molecule has 1 aromatic carbocycles. The number of benzene rings is 1. The van der Waals surface area contributed by atoms with E-state index >= 15 is 0 Å². The quantitative estimate of drug-likeness (QED) is 0.868. The number of urea groups is 1. The van der Waals surface area contributed by atoms with Gasteiger partial charge >= 0.3 is 6.03 Å². The van der Waals surface area contributed by atoms with Crippen molar-refractivity contribution in [3.63, 3.8) is 0 Å². The lowest BCUT2D eigenvalue weighted by Gasteiger charge is -2.37. The molecule has 3 amide bonds. The van der Waals surface area contributed by atoms with Gasteiger partial charge in [-0.25, -0.2) is 4.79 Å². The van der Waals surface area contributed by atoms with Crippen LogP contribution in [0.2, 0.25) is 0 Å². The molecule has 2 aliphatic carbocycles. The molecule has 1 saturated heterocycles. The lowest BCUT2D eigenvalue weighted by atomic mass is 9.91. The Balaban J connectivity index is 1.34. The topological polar surface area (TPSA) is 52.7 Å². The Kier molecular flexibility index (Phi) is 5.35. The van der Waals surface area contributed by atoms with Gasteiger partial charge in [0.2, 0.25) is 5.91 Å². The Hall–Kier alpha value is -2.04. The van der Waals surface area contributed by atoms with Crippen LogP contribution in [0.4, 0.5) is 4.79 Å². The van der Waals surface area contributed by atoms with Crippen LogP contribution in [0, 0.1) is 13.8 Å². The second kappa shape index (κ2) is 7.76. The van der Waals surface area contributed by atoms with Crippen LogP contribution in [0.15, 0.2) is 18.2 Å². The van der Waals surface area contributed by atoms with Crippen LogP contribution in [0.1, 0.15) is 61.6 Å². The first-order valence-electron chi connectivity index (χ1n) is 10.9. The standard InChI is InChI=1S/C23H33N3O2/c1-17-14-18(2)16-19(15-17)23(8-9-23)21(27)25-10-12-26(13-11-25)22(28)24-20-6-4-3-5-7-20/h14-16,20H,3-13H2,1-2H3,(H,24,28). The summed E-state index contributed by atoms with van der Waals surface area (Å²) in [4.78, 5) is 29.7. The Bertz CT molecular complexity index is 722. The molecule has 3 fully saturated rings. The van der Waals surface area contributed by atoms with Crippen molar-refractivity contribution in [2.24, 2.45) is 0 Å². The Morgan fingerprint density at radius 3 is 2.04 bits per heavy atom. The molecule has 0 atom stereocenters. The van der Waals surface area contributed by atoms with Gasteiger partial charge in [0, 0.05) is 32.2 Å². The van der Waals surface area contributed by atoms with Crippen LogP contribution in [0.25, 0.3) is 0 Å². The largest absolute Gasteiger partial charge is 0.338 e. The van der Waals surface area contributed by atoms with Crippen molar-refractivity contribution in [3.8, 4) is 0 Å². The molecule has 3 aliphatic rings. The summed E-state index contributed by atoms with van der Waals surface area (Å²) in [5, 5.41) is 3.20. The maximum atomic E-state index is 13.3. The average Bonchev–Trinajstić information content (AvgIpc) is 3.50. The van der Waals surface area contributed by atoms with E-state index in [0.717, 1.165) is 25.7 Å². The molecule has 1 aliphatic heterocycles. The summed E-state index contributed by atoms with van der Waals surface area (Å²) in [6.45, 7) is 6.74. The molecular weight excluding hydrogens is 350 g/mol. The summed E-state index contributed by atoms with van der Waals surface area (Å²) in [6, 6.07) is 6.89. The minimum atomic E-state index is -0.316. The highest BCUT2D eigenvalue weighted by Crippen LogP contribution is 2.50. The number of carbonyl (C=O) groups excluding carboxylic acids is 2. The van der Waals surface area contributed by atoms with Gasteiger partial charge in [-0.05, 0) is 45.1 Å². The Morgan fingerprint density at radius 2 is 1.46 bits per heavy atom. The molecule has 1 heterocycles. The molecule has 1 aromatic rings. The molecule has 1 N–H and O–H groups in total. The molecule has 4 rings (SSSR count). The van der Waals surface area contributed by atoms with Gasteiger partial charge < -0.3 is 15.1 Å². The lowest BCUT2D eigenvalue weighted by molar-refractivity contribution is -0.135. The maximum Gasteiger partial charge on any atom is 0.317 e. The van der Waals surface area contributed by atoms with Crippen molar-refractivity contribution in [2.75, 3.05) is 26.2 Å². The van der Waals surface area contributed by atoms with Crippen molar-refractivity contribution in [1.29, 1.82) is 0 Å². The first-order valence-corrected chi connectivity index (χ1v) is 10.9. The van der Waals surface area contributed by atoms with Crippen LogP contribution >= 0.6 is 0 Å². The van der Waals surface area contributed by atoms with E-state index in [-0.39, 0.29) is 17.4 Å². The molecule has 5 nitrogen and oxygen atoms in total. The highest BCUT2D eigenvalue weighted by atomic mass is 16.2. The molecule has 152 valence electrons. The van der Waals surface area contributed by atoms with Crippen molar-refractivity contribution < 1.29 is 9.59 Å². The van der Waals surface area contributed by atoms with Gasteiger partial charge in [0.15, 0.2) is 0 Å². The van der Waals surface area contributed by atoms with Crippen LogP contribution < -0.4 is 5.32 Å². The van der Waals surface area contributed by atoms with E-state index in [1.54, 1.807) is 0 Å². The molecule has 0 bridgehead atoms. The summed E-state index contributed by atoms with van der Waals surface area (Å²) in [5.41, 5.74) is 3.30. The number of rotatable bonds is 3. The normalized spacial score (nSPS) is 22.1. The summed E-state index contributed by atoms with van der Waals surface area (Å²) in [6.07, 6.45) is 7.80. The highest BCUT2D eigenvalue weighted by Gasteiger charge is 2.53. The van der Waals surface area contributed by atoms with E-state index < -0.39 is 0 Å². The number of aryl methyl sites for hydroxylation is 2. The zero-order chi connectivity index (χ0) is 19.7. The minimum absolute atomic E-state index is 0.0504. The van der Waals surface area contributed by atoms with E-state index in [1.807, 2.05) is 9.80 Å². The van der Waals surface area contributed by atoms with Gasteiger partial charge in [-0.2, -0.15) is 0 Å². The monoisotopic (exact) mass is 383 g/mol. The fourth-order valence-corrected chi connectivity index (χ4v) is 4.93. The maximum absolute atomic E-state index is 13.3. The molecule has 2 saturated carbocycles. The third-order valence-electron chi connectivity index (χ3n) is 6.72. The van der Waals surface area contributed by atoms with E-state index in [2.05, 4.69) is 37.4 Å². The Morgan fingerprint density at radius 1 is 0.893 bits per heavy atom. The van der Waals surface area contributed by atoms with Crippen LogP contribution in [-0.4, -0.2) is 54.0 Å². The van der Waals surface area contributed by atoms with Gasteiger partial charge in [0.25, 0.3) is 0 Å². The number of carbonyl (C=O) groups is 2. The number of nitrogens with zero attached hydrogens (tertiary/aromatic N) is 2. The van der Waals surface area contributed by atoms with E-state index in [0.29, 0.717) is 32.2 Å². The first-order chi connectivity index (χ1) is 13.5. The van der Waals surface area contributed by atoms with Crippen LogP contribution in [-0.2, 0) is 10.2 Å². The highest BCUT2D eigenvalue weighted by molar-refractivity contribution is 5.91. The summed E-state index contributed by atoms with van der Waals surface area (Å²) in [7, 11) is 0. The molecular formula is C23H33N3O2. The summed E-state index contributed by atoms with van der Waals surface area (Å²) >= 11 is 0. The van der Waals surface area contributed by atoms with Crippen molar-refractivity contribution >= 4 is 11.9 Å². The number of hydrogen-bond donors (Lipinski definition) is 1. The molecule has 0 aromatic heterocycles. The zero-order valence-corrected chi connectivity index (χ0v) is 17.3. The fourth-order valence-electron chi connectivity index (χ4n) is 4.93. The SMILES string of the molecule is Cc1cc(C)cc(C2(C(=O)N3CCN(C(=O)NC4CCCCC4)CC3)CC2)c1. The van der Waals surface area contributed by atoms with E-state index in [4.69, 9.17) is 0 Å². The summed E-state index contributed by atoms with van der Waals surface area (Å²) < 4.78 is 0. The molecule has 0 unspecified atom stereocenters. The fraction of sp³-hybridized carbons (Fsp3) is 0.652. The van der Waals surface area contributed by atoms with Gasteiger partial charge in [0.05, 0.1) is 5.41 Å². The molecule has 0 spiro atoms. The van der Waals surface area contributed by atoms with Crippen LogP contribution in [0.3, 0.4) is 0 Å². The predicted octanol–water partition coefficient (Wildman–Crippen LogP) is 3.52. The van der Waals surface area contributed by atoms with Crippen LogP contribution in [0.5, 0.6) is 0 Å². The van der Waals surface area contributed by atoms with Gasteiger partial charge in [-0.1, -0.05) is 48.6 Å². The molecule has 28 heavy (non-hydrogen) atoms. The Labute approximate surface area is 168 Å². The number of nitrogens with one attached hydrogen (secondary N) is 1. The van der Waals surface area contributed by atoms with Crippen molar-refractivity contribution in [1.82, 2.24) is 15.1 Å². The lowest BCUT2D eigenvalue weighted by Crippen LogP contribution is -2.56. The smallest absolute Gasteiger partial charge is 0.317 e. The minimum Gasteiger partial charge on any atom is -0.338 e. The number of hydrogen-bond acceptors (Lipinski definition) is 2. The summed E-state index contributed by atoms with van der Waals surface area (Å²) in [5.74, 6) is 0.254. The molecule has 0 radical (unpaired) electrons. The van der Waals surface area contributed by atoms with Crippen molar-refractivity contribution in [2.45, 2.75) is 70.3 Å². The molecule has 5 heteroatoms. The van der Waals surface area contributed by atoms with E-state index in [9.17, 15) is 9.59 Å². The zero-order valence-electron chi connectivity index (χ0n) is 17.3. The average molecular weight is 384 g/mol. The van der Waals surface area contributed by atoms with Crippen molar-refractivity contribution in [3.05, 3.63) is 34.9 Å². The number of amides is 3. The third kappa shape index (κ3) is 3.89. The first kappa shape index (κ1) is 19.3. The number of piperazine rings is 1. The van der Waals surface area contributed by atoms with E-state index in [1.165, 1.54) is 36.0 Å². The third-order valence-corrected chi connectivity index (χ3v) is 6.72. The van der Waals surface area contributed by atoms with Gasteiger partial charge in [-0.15, -0.1) is 0 Å². The predicted molar refractivity (Wildman–Crippen MR) is 110 cm³/mol. The van der Waals surface area contributed by atoms with Gasteiger partial charge in [0.1, 0.15) is 0 Å². The second-order valence-corrected chi connectivity index (χ2v) is 9.02. The van der Waals surface area contributed by atoms with Gasteiger partial charge in [-0.3, -0.25) is 4.79 Å².